The maximum Gasteiger partial charge on any atom is 0.243 e. The summed E-state index contributed by atoms with van der Waals surface area (Å²) in [5.41, 5.74) is 0. The number of benzene rings is 1. The highest BCUT2D eigenvalue weighted by molar-refractivity contribution is 7.89. The maximum absolute atomic E-state index is 12.8. The van der Waals surface area contributed by atoms with Gasteiger partial charge in [-0.25, -0.2) is 8.42 Å². The molecular formula is C16H27ClN2O4S. The Morgan fingerprint density at radius 2 is 1.96 bits per heavy atom. The van der Waals surface area contributed by atoms with Crippen LogP contribution in [0, 0.1) is 5.92 Å². The zero-order chi connectivity index (χ0) is 16.7. The lowest BCUT2D eigenvalue weighted by atomic mass is 10.00. The van der Waals surface area contributed by atoms with Crippen LogP contribution in [0.5, 0.6) is 5.75 Å². The molecule has 1 N–H and O–H groups in total. The van der Waals surface area contributed by atoms with E-state index in [2.05, 4.69) is 5.32 Å². The summed E-state index contributed by atoms with van der Waals surface area (Å²) in [5, 5.41) is 3.13. The van der Waals surface area contributed by atoms with Gasteiger partial charge >= 0.3 is 0 Å². The molecule has 0 saturated carbocycles. The molecule has 1 aromatic rings. The Bertz CT molecular complexity index is 578. The molecule has 6 nitrogen and oxygen atoms in total. The third kappa shape index (κ3) is 5.60. The quantitative estimate of drug-likeness (QED) is 0.698. The fourth-order valence-electron chi connectivity index (χ4n) is 2.80. The minimum absolute atomic E-state index is 0. The number of hydrogen-bond acceptors (Lipinski definition) is 5. The molecule has 1 aromatic carbocycles. The molecule has 1 heterocycles. The number of sulfonamides is 1. The molecule has 1 unspecified atom stereocenters. The van der Waals surface area contributed by atoms with Gasteiger partial charge in [0.15, 0.2) is 0 Å². The SMILES string of the molecule is CNCC1CCCN(S(=O)(=O)c2ccc(OCCOC)cc2)C1.Cl. The number of halogens is 1. The van der Waals surface area contributed by atoms with Gasteiger partial charge in [0, 0.05) is 20.2 Å². The first-order valence-electron chi connectivity index (χ1n) is 7.94. The molecule has 0 aliphatic carbocycles. The van der Waals surface area contributed by atoms with E-state index in [1.54, 1.807) is 35.7 Å². The molecule has 24 heavy (non-hydrogen) atoms. The summed E-state index contributed by atoms with van der Waals surface area (Å²) < 4.78 is 37.5. The Morgan fingerprint density at radius 3 is 2.58 bits per heavy atom. The molecule has 1 aliphatic heterocycles. The summed E-state index contributed by atoms with van der Waals surface area (Å²) in [5.74, 6) is 1.02. The first-order valence-corrected chi connectivity index (χ1v) is 9.38. The van der Waals surface area contributed by atoms with Gasteiger partial charge in [-0.05, 0) is 56.6 Å². The van der Waals surface area contributed by atoms with Crippen molar-refractivity contribution in [1.29, 1.82) is 0 Å². The van der Waals surface area contributed by atoms with Gasteiger partial charge < -0.3 is 14.8 Å². The maximum atomic E-state index is 12.8. The van der Waals surface area contributed by atoms with Crippen LogP contribution in [0.4, 0.5) is 0 Å². The van der Waals surface area contributed by atoms with Crippen LogP contribution in [0.2, 0.25) is 0 Å². The smallest absolute Gasteiger partial charge is 0.243 e. The Hall–Kier alpha value is -0.860. The second-order valence-electron chi connectivity index (χ2n) is 5.74. The fraction of sp³-hybridized carbons (Fsp3) is 0.625. The van der Waals surface area contributed by atoms with Gasteiger partial charge in [0.2, 0.25) is 10.0 Å². The lowest BCUT2D eigenvalue weighted by Gasteiger charge is -2.31. The average molecular weight is 379 g/mol. The molecular weight excluding hydrogens is 352 g/mol. The largest absolute Gasteiger partial charge is 0.491 e. The average Bonchev–Trinajstić information content (AvgIpc) is 2.56. The Labute approximate surface area is 151 Å². The van der Waals surface area contributed by atoms with E-state index >= 15 is 0 Å². The fourth-order valence-corrected chi connectivity index (χ4v) is 4.35. The monoisotopic (exact) mass is 378 g/mol. The molecule has 0 spiro atoms. The molecule has 0 aromatic heterocycles. The Balaban J connectivity index is 0.00000288. The third-order valence-electron chi connectivity index (χ3n) is 3.99. The Kier molecular flexibility index (Phi) is 9.01. The van der Waals surface area contributed by atoms with E-state index in [-0.39, 0.29) is 12.4 Å². The third-order valence-corrected chi connectivity index (χ3v) is 5.87. The van der Waals surface area contributed by atoms with Crippen molar-refractivity contribution < 1.29 is 17.9 Å². The molecule has 1 fully saturated rings. The molecule has 2 rings (SSSR count). The predicted octanol–water partition coefficient (Wildman–Crippen LogP) is 1.75. The van der Waals surface area contributed by atoms with Gasteiger partial charge in [-0.2, -0.15) is 4.31 Å². The molecule has 1 saturated heterocycles. The van der Waals surface area contributed by atoms with Crippen molar-refractivity contribution in [3.8, 4) is 5.75 Å². The minimum atomic E-state index is -3.43. The van der Waals surface area contributed by atoms with Gasteiger partial charge in [-0.3, -0.25) is 0 Å². The highest BCUT2D eigenvalue weighted by Crippen LogP contribution is 2.24. The van der Waals surface area contributed by atoms with Crippen LogP contribution in [0.15, 0.2) is 29.2 Å². The molecule has 1 atom stereocenters. The summed E-state index contributed by atoms with van der Waals surface area (Å²) in [7, 11) is 0.0788. The number of nitrogens with zero attached hydrogens (tertiary/aromatic N) is 1. The molecule has 1 aliphatic rings. The highest BCUT2D eigenvalue weighted by atomic mass is 35.5. The van der Waals surface area contributed by atoms with Crippen molar-refractivity contribution in [1.82, 2.24) is 9.62 Å². The Morgan fingerprint density at radius 1 is 1.25 bits per heavy atom. The van der Waals surface area contributed by atoms with Crippen LogP contribution >= 0.6 is 12.4 Å². The summed E-state index contributed by atoms with van der Waals surface area (Å²) in [4.78, 5) is 0.321. The number of piperidine rings is 1. The summed E-state index contributed by atoms with van der Waals surface area (Å²) >= 11 is 0. The van der Waals surface area contributed by atoms with Crippen molar-refractivity contribution >= 4 is 22.4 Å². The lowest BCUT2D eigenvalue weighted by Crippen LogP contribution is -2.42. The van der Waals surface area contributed by atoms with Crippen LogP contribution in [0.1, 0.15) is 12.8 Å². The number of rotatable bonds is 8. The van der Waals surface area contributed by atoms with E-state index in [9.17, 15) is 8.42 Å². The van der Waals surface area contributed by atoms with Crippen molar-refractivity contribution in [3.63, 3.8) is 0 Å². The van der Waals surface area contributed by atoms with E-state index in [1.165, 1.54) is 0 Å². The van der Waals surface area contributed by atoms with Gasteiger partial charge in [0.1, 0.15) is 12.4 Å². The minimum Gasteiger partial charge on any atom is -0.491 e. The van der Waals surface area contributed by atoms with Gasteiger partial charge in [-0.15, -0.1) is 12.4 Å². The van der Waals surface area contributed by atoms with Crippen LogP contribution < -0.4 is 10.1 Å². The van der Waals surface area contributed by atoms with Crippen LogP contribution in [-0.2, 0) is 14.8 Å². The second kappa shape index (κ2) is 10.2. The zero-order valence-corrected chi connectivity index (χ0v) is 15.9. The summed E-state index contributed by atoms with van der Waals surface area (Å²) in [6, 6.07) is 6.60. The summed E-state index contributed by atoms with van der Waals surface area (Å²) in [6.07, 6.45) is 1.98. The van der Waals surface area contributed by atoms with Crippen LogP contribution in [-0.4, -0.2) is 59.7 Å². The lowest BCUT2D eigenvalue weighted by molar-refractivity contribution is 0.146. The van der Waals surface area contributed by atoms with E-state index in [4.69, 9.17) is 9.47 Å². The van der Waals surface area contributed by atoms with E-state index in [1.807, 2.05) is 7.05 Å². The van der Waals surface area contributed by atoms with Gasteiger partial charge in [-0.1, -0.05) is 0 Å². The molecule has 0 radical (unpaired) electrons. The first-order chi connectivity index (χ1) is 11.1. The highest BCUT2D eigenvalue weighted by Gasteiger charge is 2.29. The van der Waals surface area contributed by atoms with Crippen LogP contribution in [0.3, 0.4) is 0 Å². The second-order valence-corrected chi connectivity index (χ2v) is 7.68. The van der Waals surface area contributed by atoms with Crippen molar-refractivity contribution in [2.45, 2.75) is 17.7 Å². The molecule has 138 valence electrons. The molecule has 0 bridgehead atoms. The van der Waals surface area contributed by atoms with Crippen molar-refractivity contribution in [2.24, 2.45) is 5.92 Å². The molecule has 0 amide bonds. The van der Waals surface area contributed by atoms with E-state index in [0.29, 0.717) is 42.9 Å². The van der Waals surface area contributed by atoms with E-state index in [0.717, 1.165) is 19.4 Å². The van der Waals surface area contributed by atoms with Gasteiger partial charge in [0.05, 0.1) is 11.5 Å². The first kappa shape index (κ1) is 21.2. The predicted molar refractivity (Wildman–Crippen MR) is 96.5 cm³/mol. The normalized spacial score (nSPS) is 18.8. The number of nitrogens with one attached hydrogen (secondary N) is 1. The number of hydrogen-bond donors (Lipinski definition) is 1. The topological polar surface area (TPSA) is 67.9 Å². The van der Waals surface area contributed by atoms with Gasteiger partial charge in [0.25, 0.3) is 0 Å². The van der Waals surface area contributed by atoms with E-state index < -0.39 is 10.0 Å². The summed E-state index contributed by atoms with van der Waals surface area (Å²) in [6.45, 7) is 2.96. The van der Waals surface area contributed by atoms with Crippen molar-refractivity contribution in [3.05, 3.63) is 24.3 Å². The standard InChI is InChI=1S/C16H26N2O4S.ClH/c1-17-12-14-4-3-9-18(13-14)23(19,20)16-7-5-15(6-8-16)22-11-10-21-2;/h5-8,14,17H,3-4,9-13H2,1-2H3;1H. The number of ether oxygens (including phenoxy) is 2. The zero-order valence-electron chi connectivity index (χ0n) is 14.2. The van der Waals surface area contributed by atoms with Crippen LogP contribution in [0.25, 0.3) is 0 Å². The molecule has 8 heteroatoms. The van der Waals surface area contributed by atoms with Crippen molar-refractivity contribution in [2.75, 3.05) is 47.0 Å². The number of methoxy groups -OCH3 is 1.